The molecule has 0 aliphatic heterocycles. The van der Waals surface area contributed by atoms with Crippen molar-refractivity contribution in [2.75, 3.05) is 0 Å². The van der Waals surface area contributed by atoms with Crippen LogP contribution in [0.15, 0.2) is 37.5 Å². The molecule has 4 atom stereocenters. The summed E-state index contributed by atoms with van der Waals surface area (Å²) in [5, 5.41) is 0.100. The van der Waals surface area contributed by atoms with Crippen molar-refractivity contribution in [3.63, 3.8) is 0 Å². The van der Waals surface area contributed by atoms with Gasteiger partial charge in [-0.05, 0) is 86.2 Å². The molecule has 270 valence electrons. The van der Waals surface area contributed by atoms with Crippen molar-refractivity contribution in [1.82, 2.24) is 0 Å². The number of carbonyl (C=O) groups is 1. The minimum atomic E-state index is -2.23. The van der Waals surface area contributed by atoms with Crippen LogP contribution in [0.1, 0.15) is 121 Å². The molecule has 0 spiro atoms. The second kappa shape index (κ2) is 20.7. The summed E-state index contributed by atoms with van der Waals surface area (Å²) in [6, 6.07) is 3.04. The highest BCUT2D eigenvalue weighted by molar-refractivity contribution is 6.75. The molecule has 0 aromatic rings. The van der Waals surface area contributed by atoms with E-state index in [4.69, 9.17) is 18.0 Å². The average Bonchev–Trinajstić information content (AvgIpc) is 2.95. The molecule has 0 heterocycles. The van der Waals surface area contributed by atoms with Crippen LogP contribution in [0.4, 0.5) is 0 Å². The van der Waals surface area contributed by atoms with Crippen LogP contribution in [0.25, 0.3) is 0 Å². The molecule has 0 aromatic carbocycles. The van der Waals surface area contributed by atoms with Gasteiger partial charge >= 0.3 is 5.97 Å². The van der Waals surface area contributed by atoms with Gasteiger partial charge in [0.25, 0.3) is 0 Å². The summed E-state index contributed by atoms with van der Waals surface area (Å²) < 4.78 is 27.6. The molecule has 8 heteroatoms. The third kappa shape index (κ3) is 15.6. The van der Waals surface area contributed by atoms with Crippen LogP contribution < -0.4 is 0 Å². The molecule has 0 aliphatic rings. The van der Waals surface area contributed by atoms with E-state index in [-0.39, 0.29) is 40.5 Å². The lowest BCUT2D eigenvalue weighted by atomic mass is 10.0. The molecule has 0 unspecified atom stereocenters. The third-order valence-corrected chi connectivity index (χ3v) is 24.3. The number of hydrogen-bond acceptors (Lipinski definition) is 5. The van der Waals surface area contributed by atoms with Crippen molar-refractivity contribution in [3.8, 4) is 0 Å². The van der Waals surface area contributed by atoms with Gasteiger partial charge in [-0.2, -0.15) is 0 Å². The SMILES string of the molecule is C=CCC[C@H](C[C@H](O[Si](C)(C)C(C)(C)C)[C@H](/C=C/C(=O)O[C@@H](CC=C)CCCCC)O[Si](CC)(CC)CC)O[Si](C)(C)C(C)(C)C. The van der Waals surface area contributed by atoms with Gasteiger partial charge < -0.3 is 18.0 Å². The third-order valence-electron chi connectivity index (χ3n) is 10.7. The Morgan fingerprint density at radius 1 is 0.739 bits per heavy atom. The predicted octanol–water partition coefficient (Wildman–Crippen LogP) is 12.1. The van der Waals surface area contributed by atoms with Crippen molar-refractivity contribution in [2.24, 2.45) is 0 Å². The lowest BCUT2D eigenvalue weighted by Gasteiger charge is -2.45. The highest BCUT2D eigenvalue weighted by atomic mass is 28.4. The number of allylic oxidation sites excluding steroid dienone is 1. The molecule has 0 N–H and O–H groups in total. The zero-order valence-corrected chi connectivity index (χ0v) is 35.9. The molecular weight excluding hydrogens is 621 g/mol. The maximum Gasteiger partial charge on any atom is 0.330 e. The van der Waals surface area contributed by atoms with Crippen LogP contribution >= 0.6 is 0 Å². The first-order valence-corrected chi connectivity index (χ1v) is 26.7. The zero-order valence-electron chi connectivity index (χ0n) is 32.9. The predicted molar refractivity (Wildman–Crippen MR) is 208 cm³/mol. The van der Waals surface area contributed by atoms with Crippen LogP contribution in [-0.2, 0) is 22.8 Å². The van der Waals surface area contributed by atoms with Crippen molar-refractivity contribution in [1.29, 1.82) is 0 Å². The summed E-state index contributed by atoms with van der Waals surface area (Å²) in [5.41, 5.74) is 0. The molecule has 0 saturated carbocycles. The Morgan fingerprint density at radius 3 is 1.74 bits per heavy atom. The number of ether oxygens (including phenoxy) is 1. The summed E-state index contributed by atoms with van der Waals surface area (Å²) in [5.74, 6) is -0.319. The Bertz CT molecular complexity index is 904. The standard InChI is InChI=1S/C38H76O5Si3/c1-17-23-25-28-32(26-19-3)40-36(39)30-29-34(43-46(20-4,21-5)22-6)35(42-45(15,16)38(10,11)12)31-33(27-24-18-2)41-44(13,14)37(7,8)9/h18-19,29-30,32-35H,2-3,17,20-28,31H2,1,4-16H3/b30-29+/t32-,33+,34-,35-/m0/s1. The number of esters is 1. The summed E-state index contributed by atoms with van der Waals surface area (Å²) in [7, 11) is -6.39. The number of hydrogen-bond donors (Lipinski definition) is 0. The highest BCUT2D eigenvalue weighted by Gasteiger charge is 2.45. The smallest absolute Gasteiger partial charge is 0.330 e. The first-order valence-electron chi connectivity index (χ1n) is 18.3. The molecule has 0 aliphatic carbocycles. The summed E-state index contributed by atoms with van der Waals surface area (Å²) >= 11 is 0. The summed E-state index contributed by atoms with van der Waals surface area (Å²) in [6.45, 7) is 39.8. The Kier molecular flexibility index (Phi) is 20.3. The fraction of sp³-hybridized carbons (Fsp3) is 0.816. The Labute approximate surface area is 289 Å². The van der Waals surface area contributed by atoms with Crippen LogP contribution in [0, 0.1) is 0 Å². The van der Waals surface area contributed by atoms with Crippen molar-refractivity contribution >= 4 is 30.9 Å². The van der Waals surface area contributed by atoms with E-state index in [0.29, 0.717) is 12.8 Å². The monoisotopic (exact) mass is 697 g/mol. The van der Waals surface area contributed by atoms with Gasteiger partial charge in [0.2, 0.25) is 0 Å². The average molecular weight is 697 g/mol. The molecule has 0 aromatic heterocycles. The molecule has 0 saturated heterocycles. The van der Waals surface area contributed by atoms with Crippen LogP contribution in [-0.4, -0.2) is 55.3 Å². The topological polar surface area (TPSA) is 54.0 Å². The van der Waals surface area contributed by atoms with E-state index in [1.54, 1.807) is 6.08 Å². The first kappa shape index (κ1) is 45.2. The van der Waals surface area contributed by atoms with Crippen LogP contribution in [0.5, 0.6) is 0 Å². The van der Waals surface area contributed by atoms with E-state index in [9.17, 15) is 4.79 Å². The number of unbranched alkanes of at least 4 members (excludes halogenated alkanes) is 2. The van der Waals surface area contributed by atoms with Gasteiger partial charge in [-0.25, -0.2) is 4.79 Å². The molecule has 0 amide bonds. The van der Waals surface area contributed by atoms with Gasteiger partial charge in [0.05, 0.1) is 12.2 Å². The number of carbonyl (C=O) groups excluding carboxylic acids is 1. The quantitative estimate of drug-likeness (QED) is 0.0330. The van der Waals surface area contributed by atoms with Gasteiger partial charge in [0.15, 0.2) is 25.0 Å². The van der Waals surface area contributed by atoms with E-state index < -0.39 is 25.0 Å². The van der Waals surface area contributed by atoms with E-state index in [1.165, 1.54) is 0 Å². The Balaban J connectivity index is 6.89. The number of rotatable bonds is 24. The second-order valence-corrected chi connectivity index (χ2v) is 30.5. The zero-order chi connectivity index (χ0) is 35.8. The molecular formula is C38H76O5Si3. The Morgan fingerprint density at radius 2 is 1.28 bits per heavy atom. The minimum Gasteiger partial charge on any atom is -0.459 e. The van der Waals surface area contributed by atoms with Crippen molar-refractivity contribution < 1.29 is 22.8 Å². The first-order chi connectivity index (χ1) is 21.2. The van der Waals surface area contributed by atoms with Gasteiger partial charge in [-0.3, -0.25) is 0 Å². The lowest BCUT2D eigenvalue weighted by Crippen LogP contribution is -2.52. The van der Waals surface area contributed by atoms with Crippen molar-refractivity contribution in [3.05, 3.63) is 37.5 Å². The van der Waals surface area contributed by atoms with Crippen LogP contribution in [0.3, 0.4) is 0 Å². The van der Waals surface area contributed by atoms with Gasteiger partial charge in [0.1, 0.15) is 6.10 Å². The van der Waals surface area contributed by atoms with E-state index in [2.05, 4.69) is 109 Å². The van der Waals surface area contributed by atoms with Gasteiger partial charge in [-0.15, -0.1) is 13.2 Å². The largest absolute Gasteiger partial charge is 0.459 e. The maximum absolute atomic E-state index is 13.3. The molecule has 0 rings (SSSR count). The van der Waals surface area contributed by atoms with E-state index in [1.807, 2.05) is 18.2 Å². The summed E-state index contributed by atoms with van der Waals surface area (Å²) in [4.78, 5) is 13.3. The second-order valence-electron chi connectivity index (χ2n) is 16.3. The molecule has 46 heavy (non-hydrogen) atoms. The fourth-order valence-electron chi connectivity index (χ4n) is 5.12. The fourth-order valence-corrected chi connectivity index (χ4v) is 10.7. The Hall–Kier alpha value is -0.779. The molecule has 0 fully saturated rings. The highest BCUT2D eigenvalue weighted by Crippen LogP contribution is 2.41. The van der Waals surface area contributed by atoms with E-state index in [0.717, 1.165) is 56.7 Å². The van der Waals surface area contributed by atoms with Gasteiger partial charge in [-0.1, -0.05) is 94.2 Å². The molecule has 5 nitrogen and oxygen atoms in total. The summed E-state index contributed by atoms with van der Waals surface area (Å²) in [6.07, 6.45) is 13.9. The van der Waals surface area contributed by atoms with Crippen LogP contribution in [0.2, 0.25) is 54.4 Å². The molecule has 0 radical (unpaired) electrons. The lowest BCUT2D eigenvalue weighted by molar-refractivity contribution is -0.143. The molecule has 0 bridgehead atoms. The van der Waals surface area contributed by atoms with E-state index >= 15 is 0 Å². The van der Waals surface area contributed by atoms with Gasteiger partial charge in [0, 0.05) is 25.0 Å². The maximum atomic E-state index is 13.3. The normalized spacial score (nSPS) is 16.2. The van der Waals surface area contributed by atoms with Crippen molar-refractivity contribution in [2.45, 2.75) is 199 Å². The minimum absolute atomic E-state index is 0.00315.